The monoisotopic (exact) mass is 250 g/mol. The molecule has 0 heterocycles. The fourth-order valence-electron chi connectivity index (χ4n) is 1.74. The molecular weight excluding hydrogens is 224 g/mol. The molecule has 0 saturated heterocycles. The van der Waals surface area contributed by atoms with Crippen molar-refractivity contribution in [3.05, 3.63) is 29.8 Å². The first-order valence-corrected chi connectivity index (χ1v) is 6.80. The lowest BCUT2D eigenvalue weighted by atomic mass is 10.2. The molecule has 0 saturated carbocycles. The third-order valence-corrected chi connectivity index (χ3v) is 2.64. The normalized spacial score (nSPS) is 12.7. The Morgan fingerprint density at radius 3 is 2.39 bits per heavy atom. The van der Waals surface area contributed by atoms with E-state index < -0.39 is 0 Å². The molecule has 1 unspecified atom stereocenters. The lowest BCUT2D eigenvalue weighted by Gasteiger charge is -2.10. The van der Waals surface area contributed by atoms with Crippen molar-refractivity contribution < 1.29 is 4.74 Å². The van der Waals surface area contributed by atoms with E-state index >= 15 is 0 Å². The molecule has 3 nitrogen and oxygen atoms in total. The Morgan fingerprint density at radius 2 is 1.83 bits per heavy atom. The molecule has 1 aromatic rings. The molecule has 0 amide bonds. The zero-order valence-corrected chi connectivity index (χ0v) is 11.8. The summed E-state index contributed by atoms with van der Waals surface area (Å²) < 4.78 is 5.60. The van der Waals surface area contributed by atoms with Crippen molar-refractivity contribution in [2.75, 3.05) is 6.54 Å². The predicted octanol–water partition coefficient (Wildman–Crippen LogP) is 2.69. The number of hydrogen-bond acceptors (Lipinski definition) is 3. The summed E-state index contributed by atoms with van der Waals surface area (Å²) >= 11 is 0. The number of hydrogen-bond donors (Lipinski definition) is 2. The van der Waals surface area contributed by atoms with Crippen LogP contribution < -0.4 is 15.8 Å². The second kappa shape index (κ2) is 8.11. The minimum atomic E-state index is 0.229. The third-order valence-electron chi connectivity index (χ3n) is 2.64. The summed E-state index contributed by atoms with van der Waals surface area (Å²) in [5, 5.41) is 3.42. The molecule has 0 fully saturated rings. The highest BCUT2D eigenvalue weighted by atomic mass is 16.5. The van der Waals surface area contributed by atoms with E-state index in [-0.39, 0.29) is 6.10 Å². The molecule has 3 heteroatoms. The highest BCUT2D eigenvalue weighted by molar-refractivity contribution is 5.27. The van der Waals surface area contributed by atoms with E-state index in [4.69, 9.17) is 10.5 Å². The van der Waals surface area contributed by atoms with Crippen molar-refractivity contribution in [2.24, 2.45) is 5.73 Å². The molecule has 0 spiro atoms. The van der Waals surface area contributed by atoms with Crippen molar-refractivity contribution in [3.8, 4) is 5.75 Å². The van der Waals surface area contributed by atoms with E-state index in [1.165, 1.54) is 5.56 Å². The smallest absolute Gasteiger partial charge is 0.119 e. The summed E-state index contributed by atoms with van der Waals surface area (Å²) in [6.45, 7) is 8.04. The molecule has 0 radical (unpaired) electrons. The van der Waals surface area contributed by atoms with Crippen molar-refractivity contribution in [3.63, 3.8) is 0 Å². The first-order valence-electron chi connectivity index (χ1n) is 6.80. The van der Waals surface area contributed by atoms with Gasteiger partial charge in [0.1, 0.15) is 5.75 Å². The summed E-state index contributed by atoms with van der Waals surface area (Å²) in [4.78, 5) is 0. The Hall–Kier alpha value is -1.06. The molecule has 1 atom stereocenters. The van der Waals surface area contributed by atoms with Crippen LogP contribution in [0.2, 0.25) is 0 Å². The molecule has 18 heavy (non-hydrogen) atoms. The van der Waals surface area contributed by atoms with Gasteiger partial charge in [0.2, 0.25) is 0 Å². The minimum Gasteiger partial charge on any atom is -0.491 e. The van der Waals surface area contributed by atoms with Gasteiger partial charge in [0.05, 0.1) is 6.10 Å². The van der Waals surface area contributed by atoms with Crippen LogP contribution in [0.15, 0.2) is 24.3 Å². The van der Waals surface area contributed by atoms with Crippen molar-refractivity contribution in [2.45, 2.75) is 52.3 Å². The molecular formula is C15H26N2O. The van der Waals surface area contributed by atoms with E-state index in [9.17, 15) is 0 Å². The van der Waals surface area contributed by atoms with Crippen LogP contribution in [0.5, 0.6) is 5.75 Å². The summed E-state index contributed by atoms with van der Waals surface area (Å²) in [5.74, 6) is 0.936. The summed E-state index contributed by atoms with van der Waals surface area (Å²) in [6.07, 6.45) is 2.44. The van der Waals surface area contributed by atoms with Gasteiger partial charge < -0.3 is 15.8 Å². The number of benzene rings is 1. The largest absolute Gasteiger partial charge is 0.491 e. The third kappa shape index (κ3) is 6.62. The highest BCUT2D eigenvalue weighted by Crippen LogP contribution is 2.13. The van der Waals surface area contributed by atoms with E-state index in [2.05, 4.69) is 17.4 Å². The molecule has 0 aliphatic rings. The standard InChI is InChI=1S/C15H26N2O/c1-12(2)18-15-8-6-14(7-9-15)11-17-10-4-5-13(3)16/h6-9,12-13,17H,4-5,10-11,16H2,1-3H3. The first kappa shape index (κ1) is 15.0. The average Bonchev–Trinajstić information content (AvgIpc) is 2.30. The van der Waals surface area contributed by atoms with Crippen LogP contribution in [-0.2, 0) is 6.54 Å². The second-order valence-electron chi connectivity index (χ2n) is 5.11. The van der Waals surface area contributed by atoms with E-state index in [0.717, 1.165) is 31.7 Å². The lowest BCUT2D eigenvalue weighted by molar-refractivity contribution is 0.242. The van der Waals surface area contributed by atoms with Crippen LogP contribution >= 0.6 is 0 Å². The topological polar surface area (TPSA) is 47.3 Å². The first-order chi connectivity index (χ1) is 8.58. The summed E-state index contributed by atoms with van der Waals surface area (Å²) in [5.41, 5.74) is 6.98. The van der Waals surface area contributed by atoms with Gasteiger partial charge in [-0.2, -0.15) is 0 Å². The van der Waals surface area contributed by atoms with Crippen LogP contribution in [0, 0.1) is 0 Å². The van der Waals surface area contributed by atoms with Gasteiger partial charge in [-0.25, -0.2) is 0 Å². The Labute approximate surface area is 111 Å². The number of ether oxygens (including phenoxy) is 1. The number of nitrogens with two attached hydrogens (primary N) is 1. The van der Waals surface area contributed by atoms with E-state index in [0.29, 0.717) is 6.04 Å². The van der Waals surface area contributed by atoms with Crippen molar-refractivity contribution in [1.82, 2.24) is 5.32 Å². The maximum atomic E-state index is 5.70. The van der Waals surface area contributed by atoms with Crippen molar-refractivity contribution >= 4 is 0 Å². The molecule has 1 aromatic carbocycles. The van der Waals surface area contributed by atoms with Gasteiger partial charge in [0.25, 0.3) is 0 Å². The average molecular weight is 250 g/mol. The van der Waals surface area contributed by atoms with E-state index in [1.54, 1.807) is 0 Å². The SMILES string of the molecule is CC(N)CCCNCc1ccc(OC(C)C)cc1. The molecule has 0 aromatic heterocycles. The van der Waals surface area contributed by atoms with Gasteiger partial charge in [-0.15, -0.1) is 0 Å². The quantitative estimate of drug-likeness (QED) is 0.697. The zero-order chi connectivity index (χ0) is 13.4. The Morgan fingerprint density at radius 1 is 1.17 bits per heavy atom. The molecule has 0 aliphatic heterocycles. The second-order valence-corrected chi connectivity index (χ2v) is 5.11. The van der Waals surface area contributed by atoms with Gasteiger partial charge in [0, 0.05) is 12.6 Å². The molecule has 102 valence electrons. The Kier molecular flexibility index (Phi) is 6.76. The van der Waals surface area contributed by atoms with Gasteiger partial charge in [-0.1, -0.05) is 12.1 Å². The molecule has 0 aliphatic carbocycles. The lowest BCUT2D eigenvalue weighted by Crippen LogP contribution is -2.19. The predicted molar refractivity (Wildman–Crippen MR) is 76.8 cm³/mol. The maximum absolute atomic E-state index is 5.70. The summed E-state index contributed by atoms with van der Waals surface area (Å²) in [6, 6.07) is 8.57. The maximum Gasteiger partial charge on any atom is 0.119 e. The van der Waals surface area contributed by atoms with Crippen LogP contribution in [0.25, 0.3) is 0 Å². The Bertz CT molecular complexity index is 320. The Balaban J connectivity index is 2.22. The van der Waals surface area contributed by atoms with Crippen LogP contribution in [0.1, 0.15) is 39.2 Å². The van der Waals surface area contributed by atoms with Crippen LogP contribution in [-0.4, -0.2) is 18.7 Å². The van der Waals surface area contributed by atoms with E-state index in [1.807, 2.05) is 32.9 Å². The zero-order valence-electron chi connectivity index (χ0n) is 11.8. The van der Waals surface area contributed by atoms with Gasteiger partial charge in [-0.3, -0.25) is 0 Å². The van der Waals surface area contributed by atoms with Gasteiger partial charge in [0.15, 0.2) is 0 Å². The summed E-state index contributed by atoms with van der Waals surface area (Å²) in [7, 11) is 0. The molecule has 3 N–H and O–H groups in total. The molecule has 0 bridgehead atoms. The van der Waals surface area contributed by atoms with Gasteiger partial charge >= 0.3 is 0 Å². The number of nitrogens with one attached hydrogen (secondary N) is 1. The fraction of sp³-hybridized carbons (Fsp3) is 0.600. The van der Waals surface area contributed by atoms with Crippen LogP contribution in [0.3, 0.4) is 0 Å². The number of rotatable bonds is 8. The minimum absolute atomic E-state index is 0.229. The molecule has 1 rings (SSSR count). The fourth-order valence-corrected chi connectivity index (χ4v) is 1.74. The van der Waals surface area contributed by atoms with Crippen LogP contribution in [0.4, 0.5) is 0 Å². The highest BCUT2D eigenvalue weighted by Gasteiger charge is 1.98. The van der Waals surface area contributed by atoms with Crippen molar-refractivity contribution in [1.29, 1.82) is 0 Å². The van der Waals surface area contributed by atoms with Gasteiger partial charge in [-0.05, 0) is 57.9 Å².